The normalized spacial score (nSPS) is 0. The topological polar surface area (TPSA) is 0 Å². The van der Waals surface area contributed by atoms with Gasteiger partial charge in [-0.05, 0) is 0 Å². The van der Waals surface area contributed by atoms with Crippen molar-refractivity contribution >= 4 is 91.0 Å². The van der Waals surface area contributed by atoms with Crippen molar-refractivity contribution in [3.63, 3.8) is 0 Å². The first kappa shape index (κ1) is 49.6. The van der Waals surface area contributed by atoms with Gasteiger partial charge in [0.1, 0.15) is 0 Å². The van der Waals surface area contributed by atoms with Crippen LogP contribution < -0.4 is 49.6 Å². The minimum atomic E-state index is 0. The molecule has 0 bridgehead atoms. The molecule has 0 radical (unpaired) electrons. The SMILES string of the molecule is [Cl-].[Cl-].[Cl-].[Cl-].[Sr+2].[Sr+2]. The molecule has 0 aromatic rings. The fourth-order valence-electron chi connectivity index (χ4n) is 0. The molecule has 0 N–H and O–H groups in total. The van der Waals surface area contributed by atoms with E-state index in [0.29, 0.717) is 0 Å². The Bertz CT molecular complexity index is 5.51. The quantitative estimate of drug-likeness (QED) is 0.389. The van der Waals surface area contributed by atoms with Gasteiger partial charge < -0.3 is 49.6 Å². The van der Waals surface area contributed by atoms with E-state index in [2.05, 4.69) is 0 Å². The van der Waals surface area contributed by atoms with Gasteiger partial charge in [-0.15, -0.1) is 0 Å². The number of rotatable bonds is 0. The van der Waals surface area contributed by atoms with Crippen LogP contribution in [0.3, 0.4) is 0 Å². The van der Waals surface area contributed by atoms with E-state index < -0.39 is 0 Å². The fraction of sp³-hybridized carbons (Fsp3) is 0. The van der Waals surface area contributed by atoms with Gasteiger partial charge in [0.05, 0.1) is 0 Å². The first-order valence-corrected chi connectivity index (χ1v) is 0. The maximum Gasteiger partial charge on any atom is 2.00 e. The summed E-state index contributed by atoms with van der Waals surface area (Å²) in [6.07, 6.45) is 0. The summed E-state index contributed by atoms with van der Waals surface area (Å²) in [7, 11) is 0. The molecule has 0 fully saturated rings. The van der Waals surface area contributed by atoms with Gasteiger partial charge in [-0.1, -0.05) is 0 Å². The Balaban J connectivity index is 0. The van der Waals surface area contributed by atoms with E-state index in [9.17, 15) is 0 Å². The molecule has 0 rings (SSSR count). The monoisotopic (exact) mass is 316 g/mol. The zero-order chi connectivity index (χ0) is 0. The number of hydrogen-bond acceptors (Lipinski definition) is 0. The molecule has 0 amide bonds. The maximum atomic E-state index is 0. The zero-order valence-electron chi connectivity index (χ0n) is 2.93. The van der Waals surface area contributed by atoms with Crippen LogP contribution >= 0.6 is 0 Å². The van der Waals surface area contributed by atoms with E-state index in [-0.39, 0.29) is 141 Å². The molecule has 32 valence electrons. The molecule has 0 nitrogen and oxygen atoms in total. The van der Waals surface area contributed by atoms with Crippen LogP contribution in [0.2, 0.25) is 0 Å². The van der Waals surface area contributed by atoms with E-state index >= 15 is 0 Å². The smallest absolute Gasteiger partial charge is 1.00 e. The van der Waals surface area contributed by atoms with Gasteiger partial charge >= 0.3 is 91.0 Å². The summed E-state index contributed by atoms with van der Waals surface area (Å²) in [6.45, 7) is 0. The maximum absolute atomic E-state index is 0. The van der Waals surface area contributed by atoms with E-state index in [0.717, 1.165) is 0 Å². The summed E-state index contributed by atoms with van der Waals surface area (Å²) in [5, 5.41) is 0. The van der Waals surface area contributed by atoms with Gasteiger partial charge in [0.2, 0.25) is 0 Å². The minimum absolute atomic E-state index is 0. The molecule has 0 aromatic carbocycles. The predicted octanol–water partition coefficient (Wildman–Crippen LogP) is -12.7. The summed E-state index contributed by atoms with van der Waals surface area (Å²) >= 11 is 0. The minimum Gasteiger partial charge on any atom is -1.00 e. The van der Waals surface area contributed by atoms with Crippen molar-refractivity contribution < 1.29 is 49.6 Å². The summed E-state index contributed by atoms with van der Waals surface area (Å²) < 4.78 is 0. The van der Waals surface area contributed by atoms with Gasteiger partial charge in [-0.2, -0.15) is 0 Å². The molecular formula is Cl4Sr2. The fourth-order valence-corrected chi connectivity index (χ4v) is 0. The van der Waals surface area contributed by atoms with Crippen LogP contribution in [0.15, 0.2) is 0 Å². The van der Waals surface area contributed by atoms with Crippen molar-refractivity contribution in [2.24, 2.45) is 0 Å². The summed E-state index contributed by atoms with van der Waals surface area (Å²) in [5.74, 6) is 0. The Labute approximate surface area is 137 Å². The van der Waals surface area contributed by atoms with Crippen LogP contribution in [0, 0.1) is 0 Å². The third-order valence-corrected chi connectivity index (χ3v) is 0. The molecule has 0 saturated heterocycles. The Morgan fingerprint density at radius 1 is 0.333 bits per heavy atom. The van der Waals surface area contributed by atoms with Crippen molar-refractivity contribution in [3.8, 4) is 0 Å². The molecule has 6 heavy (non-hydrogen) atoms. The molecule has 0 aliphatic carbocycles. The first-order valence-electron chi connectivity index (χ1n) is 0. The molecule has 0 aliphatic heterocycles. The molecule has 0 aromatic heterocycles. The third kappa shape index (κ3) is 24.2. The van der Waals surface area contributed by atoms with E-state index in [1.165, 1.54) is 0 Å². The third-order valence-electron chi connectivity index (χ3n) is 0. The van der Waals surface area contributed by atoms with Crippen molar-refractivity contribution in [1.29, 1.82) is 0 Å². The standard InChI is InChI=1S/4ClH.2Sr/h4*1H;;/q;;;;2*+2/p-4. The second-order valence-electron chi connectivity index (χ2n) is 0. The molecule has 0 aliphatic rings. The molecule has 0 heterocycles. The summed E-state index contributed by atoms with van der Waals surface area (Å²) in [6, 6.07) is 0. The van der Waals surface area contributed by atoms with Crippen LogP contribution in [-0.2, 0) is 0 Å². The molecule has 6 heteroatoms. The molecule has 0 spiro atoms. The Morgan fingerprint density at radius 3 is 0.333 bits per heavy atom. The zero-order valence-corrected chi connectivity index (χ0v) is 12.9. The first-order chi connectivity index (χ1) is 0. The largest absolute Gasteiger partial charge is 2.00 e. The second kappa shape index (κ2) is 35.4. The number of halogens is 4. The Hall–Kier alpha value is 4.12. The van der Waals surface area contributed by atoms with Crippen LogP contribution in [0.4, 0.5) is 0 Å². The number of hydrogen-bond donors (Lipinski definition) is 0. The van der Waals surface area contributed by atoms with Gasteiger partial charge in [0.25, 0.3) is 0 Å². The molecule has 0 saturated carbocycles. The average molecular weight is 317 g/mol. The predicted molar refractivity (Wildman–Crippen MR) is 11.5 cm³/mol. The van der Waals surface area contributed by atoms with E-state index in [1.54, 1.807) is 0 Å². The Kier molecular flexibility index (Phi) is 293. The summed E-state index contributed by atoms with van der Waals surface area (Å²) in [5.41, 5.74) is 0. The van der Waals surface area contributed by atoms with Crippen molar-refractivity contribution in [1.82, 2.24) is 0 Å². The van der Waals surface area contributed by atoms with Crippen molar-refractivity contribution in [2.45, 2.75) is 0 Å². The van der Waals surface area contributed by atoms with E-state index in [4.69, 9.17) is 0 Å². The van der Waals surface area contributed by atoms with Crippen molar-refractivity contribution in [3.05, 3.63) is 0 Å². The average Bonchev–Trinajstić information content (AvgIpc) is 0. The van der Waals surface area contributed by atoms with Crippen LogP contribution in [0.5, 0.6) is 0 Å². The van der Waals surface area contributed by atoms with Crippen LogP contribution in [0.25, 0.3) is 0 Å². The van der Waals surface area contributed by atoms with E-state index in [1.807, 2.05) is 0 Å². The van der Waals surface area contributed by atoms with Crippen LogP contribution in [-0.4, -0.2) is 91.0 Å². The molecule has 0 unspecified atom stereocenters. The molecule has 0 atom stereocenters. The van der Waals surface area contributed by atoms with Gasteiger partial charge in [0, 0.05) is 0 Å². The second-order valence-corrected chi connectivity index (χ2v) is 0. The molecular weight excluding hydrogens is 317 g/mol. The van der Waals surface area contributed by atoms with Gasteiger partial charge in [-0.3, -0.25) is 0 Å². The Morgan fingerprint density at radius 2 is 0.333 bits per heavy atom. The summed E-state index contributed by atoms with van der Waals surface area (Å²) in [4.78, 5) is 0. The van der Waals surface area contributed by atoms with Crippen molar-refractivity contribution in [2.75, 3.05) is 0 Å². The van der Waals surface area contributed by atoms with Crippen LogP contribution in [0.1, 0.15) is 0 Å². The van der Waals surface area contributed by atoms with Gasteiger partial charge in [0.15, 0.2) is 0 Å². The van der Waals surface area contributed by atoms with Gasteiger partial charge in [-0.25, -0.2) is 0 Å².